The number of hydrogen-bond donors (Lipinski definition) is 4. The van der Waals surface area contributed by atoms with Crippen LogP contribution in [0.2, 0.25) is 5.02 Å². The van der Waals surface area contributed by atoms with Gasteiger partial charge in [0.05, 0.1) is 41.5 Å². The molecule has 0 saturated heterocycles. The van der Waals surface area contributed by atoms with Crippen molar-refractivity contribution >= 4 is 40.9 Å². The number of carboxylic acid groups (broad SMARTS) is 1. The van der Waals surface area contributed by atoms with Crippen molar-refractivity contribution in [3.05, 3.63) is 82.6 Å². The van der Waals surface area contributed by atoms with Gasteiger partial charge in [-0.15, -0.1) is 0 Å². The molecule has 3 rings (SSSR count). The fourth-order valence-electron chi connectivity index (χ4n) is 3.31. The summed E-state index contributed by atoms with van der Waals surface area (Å²) in [6, 6.07) is 13.7. The molecule has 0 bridgehead atoms. The third-order valence-electron chi connectivity index (χ3n) is 5.08. The summed E-state index contributed by atoms with van der Waals surface area (Å²) in [5.74, 6) is -1.31. The Balaban J connectivity index is 1.53. The highest BCUT2D eigenvalue weighted by Crippen LogP contribution is 2.27. The largest absolute Gasteiger partial charge is 0.495 e. The highest BCUT2D eigenvalue weighted by molar-refractivity contribution is 6.32. The van der Waals surface area contributed by atoms with Crippen LogP contribution in [0.3, 0.4) is 0 Å². The van der Waals surface area contributed by atoms with Gasteiger partial charge in [0.2, 0.25) is 5.91 Å². The average Bonchev–Trinajstić information content (AvgIpc) is 2.85. The molecule has 0 radical (unpaired) electrons. The number of carboxylic acids is 1. The van der Waals surface area contributed by atoms with Crippen LogP contribution in [0.15, 0.2) is 60.7 Å². The summed E-state index contributed by atoms with van der Waals surface area (Å²) in [6.07, 6.45) is 0.0382. The summed E-state index contributed by atoms with van der Waals surface area (Å²) in [4.78, 5) is 35.8. The maximum absolute atomic E-state index is 13.8. The topological polar surface area (TPSA) is 126 Å². The Morgan fingerprint density at radius 3 is 2.41 bits per heavy atom. The second-order valence-electron chi connectivity index (χ2n) is 8.00. The zero-order chi connectivity index (χ0) is 26.9. The summed E-state index contributed by atoms with van der Waals surface area (Å²) >= 11 is 6.06. The van der Waals surface area contributed by atoms with Gasteiger partial charge in [-0.05, 0) is 55.0 Å². The third-order valence-corrected chi connectivity index (χ3v) is 5.37. The molecule has 0 aromatic heterocycles. The maximum Gasteiger partial charge on any atom is 0.335 e. The van der Waals surface area contributed by atoms with Crippen LogP contribution in [-0.2, 0) is 11.2 Å². The van der Waals surface area contributed by atoms with Crippen LogP contribution < -0.4 is 25.4 Å². The monoisotopic (exact) mass is 529 g/mol. The number of anilines is 2. The number of halogens is 2. The van der Waals surface area contributed by atoms with E-state index in [-0.39, 0.29) is 41.3 Å². The van der Waals surface area contributed by atoms with E-state index < -0.39 is 17.8 Å². The first-order valence-corrected chi connectivity index (χ1v) is 11.5. The van der Waals surface area contributed by atoms with Crippen molar-refractivity contribution in [2.45, 2.75) is 19.4 Å². The fourth-order valence-corrected chi connectivity index (χ4v) is 3.54. The lowest BCUT2D eigenvalue weighted by Gasteiger charge is -2.16. The minimum absolute atomic E-state index is 0.0323. The van der Waals surface area contributed by atoms with Gasteiger partial charge in [-0.25, -0.2) is 14.0 Å². The number of hydrogen-bond acceptors (Lipinski definition) is 5. The minimum atomic E-state index is -1.10. The van der Waals surface area contributed by atoms with Crippen LogP contribution in [0, 0.1) is 5.82 Å². The normalized spacial score (nSPS) is 11.2. The molecule has 1 atom stereocenters. The number of methoxy groups -OCH3 is 1. The molecular weight excluding hydrogens is 505 g/mol. The Hall–Kier alpha value is -4.31. The molecule has 194 valence electrons. The summed E-state index contributed by atoms with van der Waals surface area (Å²) < 4.78 is 24.7. The molecule has 4 N–H and O–H groups in total. The number of urea groups is 1. The van der Waals surface area contributed by atoms with Gasteiger partial charge < -0.3 is 30.5 Å². The Labute approximate surface area is 217 Å². The van der Waals surface area contributed by atoms with Crippen LogP contribution in [-0.4, -0.2) is 42.8 Å². The Bertz CT molecular complexity index is 1300. The molecule has 3 aromatic rings. The lowest BCUT2D eigenvalue weighted by molar-refractivity contribution is -0.121. The molecule has 0 spiro atoms. The second-order valence-corrected chi connectivity index (χ2v) is 8.41. The Morgan fingerprint density at radius 1 is 1.00 bits per heavy atom. The average molecular weight is 530 g/mol. The quantitative estimate of drug-likeness (QED) is 0.294. The Kier molecular flexibility index (Phi) is 9.28. The van der Waals surface area contributed by atoms with Crippen molar-refractivity contribution in [3.8, 4) is 11.5 Å². The number of aromatic carboxylic acids is 1. The molecular formula is C26H25ClFN3O6. The van der Waals surface area contributed by atoms with E-state index in [4.69, 9.17) is 26.2 Å². The van der Waals surface area contributed by atoms with E-state index in [1.54, 1.807) is 31.2 Å². The standard InChI is InChI=1S/C26H25ClFN3O6/c1-15(14-37-22-10-8-17(25(33)34)13-18(22)27)29-24(32)12-16-7-9-21(23(11-16)36-2)31-26(35)30-20-6-4-3-5-19(20)28/h3-11,13,15H,12,14H2,1-2H3,(H,29,32)(H,33,34)(H2,30,31,35). The summed E-state index contributed by atoms with van der Waals surface area (Å²) in [5, 5.41) is 17.0. The van der Waals surface area contributed by atoms with E-state index in [0.717, 1.165) is 0 Å². The van der Waals surface area contributed by atoms with Gasteiger partial charge in [0.25, 0.3) is 0 Å². The number of amides is 3. The molecule has 0 aliphatic rings. The summed E-state index contributed by atoms with van der Waals surface area (Å²) in [5.41, 5.74) is 1.05. The van der Waals surface area contributed by atoms with Crippen LogP contribution >= 0.6 is 11.6 Å². The summed E-state index contributed by atoms with van der Waals surface area (Å²) in [6.45, 7) is 1.86. The number of rotatable bonds is 10. The molecule has 1 unspecified atom stereocenters. The van der Waals surface area contributed by atoms with E-state index >= 15 is 0 Å². The number of benzene rings is 3. The van der Waals surface area contributed by atoms with Crippen molar-refractivity contribution < 1.29 is 33.4 Å². The van der Waals surface area contributed by atoms with Crippen LogP contribution in [0.25, 0.3) is 0 Å². The second kappa shape index (κ2) is 12.6. The first kappa shape index (κ1) is 27.3. The van der Waals surface area contributed by atoms with Gasteiger partial charge in [-0.2, -0.15) is 0 Å². The van der Waals surface area contributed by atoms with Crippen molar-refractivity contribution in [2.24, 2.45) is 0 Å². The van der Waals surface area contributed by atoms with Crippen molar-refractivity contribution in [2.75, 3.05) is 24.4 Å². The fraction of sp³-hybridized carbons (Fsp3) is 0.192. The first-order valence-electron chi connectivity index (χ1n) is 11.1. The molecule has 0 aliphatic heterocycles. The first-order chi connectivity index (χ1) is 17.7. The van der Waals surface area contributed by atoms with Crippen molar-refractivity contribution in [1.29, 1.82) is 0 Å². The lowest BCUT2D eigenvalue weighted by Crippen LogP contribution is -2.37. The maximum atomic E-state index is 13.8. The van der Waals surface area contributed by atoms with Crippen LogP contribution in [0.1, 0.15) is 22.8 Å². The molecule has 3 aromatic carbocycles. The van der Waals surface area contributed by atoms with E-state index in [0.29, 0.717) is 22.7 Å². The molecule has 0 heterocycles. The van der Waals surface area contributed by atoms with Gasteiger partial charge in [0, 0.05) is 0 Å². The van der Waals surface area contributed by atoms with Crippen LogP contribution in [0.4, 0.5) is 20.6 Å². The zero-order valence-corrected chi connectivity index (χ0v) is 20.8. The highest BCUT2D eigenvalue weighted by Gasteiger charge is 2.14. The molecule has 9 nitrogen and oxygen atoms in total. The SMILES string of the molecule is COc1cc(CC(=O)NC(C)COc2ccc(C(=O)O)cc2Cl)ccc1NC(=O)Nc1ccccc1F. The number of carbonyl (C=O) groups excluding carboxylic acids is 2. The molecule has 37 heavy (non-hydrogen) atoms. The van der Waals surface area contributed by atoms with Gasteiger partial charge in [0.15, 0.2) is 0 Å². The lowest BCUT2D eigenvalue weighted by atomic mass is 10.1. The minimum Gasteiger partial charge on any atom is -0.495 e. The van der Waals surface area contributed by atoms with E-state index in [1.807, 2.05) is 0 Å². The van der Waals surface area contributed by atoms with Gasteiger partial charge in [0.1, 0.15) is 23.9 Å². The smallest absolute Gasteiger partial charge is 0.335 e. The van der Waals surface area contributed by atoms with E-state index in [9.17, 15) is 18.8 Å². The summed E-state index contributed by atoms with van der Waals surface area (Å²) in [7, 11) is 1.42. The molecule has 0 aliphatic carbocycles. The van der Waals surface area contributed by atoms with Crippen LogP contribution in [0.5, 0.6) is 11.5 Å². The molecule has 11 heteroatoms. The number of ether oxygens (including phenoxy) is 2. The Morgan fingerprint density at radius 2 is 1.73 bits per heavy atom. The van der Waals surface area contributed by atoms with Crippen molar-refractivity contribution in [1.82, 2.24) is 5.32 Å². The van der Waals surface area contributed by atoms with Gasteiger partial charge >= 0.3 is 12.0 Å². The van der Waals surface area contributed by atoms with E-state index in [2.05, 4.69) is 16.0 Å². The number of carbonyl (C=O) groups is 3. The van der Waals surface area contributed by atoms with Gasteiger partial charge in [-0.1, -0.05) is 29.8 Å². The zero-order valence-electron chi connectivity index (χ0n) is 20.0. The number of para-hydroxylation sites is 1. The van der Waals surface area contributed by atoms with Gasteiger partial charge in [-0.3, -0.25) is 4.79 Å². The molecule has 3 amide bonds. The van der Waals surface area contributed by atoms with Crippen molar-refractivity contribution in [3.63, 3.8) is 0 Å². The predicted octanol–water partition coefficient (Wildman–Crippen LogP) is 4.96. The predicted molar refractivity (Wildman–Crippen MR) is 137 cm³/mol. The molecule has 0 fully saturated rings. The third kappa shape index (κ3) is 7.84. The highest BCUT2D eigenvalue weighted by atomic mass is 35.5. The molecule has 0 saturated carbocycles. The van der Waals surface area contributed by atoms with E-state index in [1.165, 1.54) is 43.5 Å². The number of nitrogens with one attached hydrogen (secondary N) is 3.